The second kappa shape index (κ2) is 12.6. The van der Waals surface area contributed by atoms with E-state index >= 15 is 0 Å². The van der Waals surface area contributed by atoms with Gasteiger partial charge in [-0.25, -0.2) is 0 Å². The third-order valence-corrected chi connectivity index (χ3v) is 13.3. The minimum atomic E-state index is 0.252. The van der Waals surface area contributed by atoms with Crippen molar-refractivity contribution in [2.75, 3.05) is 0 Å². The molecule has 10 aromatic rings. The molecule has 0 bridgehead atoms. The Morgan fingerprint density at radius 3 is 2.07 bits per heavy atom. The summed E-state index contributed by atoms with van der Waals surface area (Å²) in [4.78, 5) is 0. The van der Waals surface area contributed by atoms with E-state index in [9.17, 15) is 0 Å². The lowest BCUT2D eigenvalue weighted by Gasteiger charge is -2.31. The first kappa shape index (κ1) is 33.3. The molecule has 0 saturated carbocycles. The van der Waals surface area contributed by atoms with E-state index in [1.807, 2.05) is 0 Å². The number of aromatic nitrogens is 3. The molecule has 0 spiro atoms. The van der Waals surface area contributed by atoms with Gasteiger partial charge >= 0.3 is 0 Å². The van der Waals surface area contributed by atoms with Crippen LogP contribution < -0.4 is 9.13 Å². The van der Waals surface area contributed by atoms with E-state index in [1.54, 1.807) is 0 Å². The number of nitrogens with zero attached hydrogens (tertiary/aromatic N) is 3. The third-order valence-electron chi connectivity index (χ3n) is 13.3. The van der Waals surface area contributed by atoms with E-state index in [-0.39, 0.29) is 6.04 Å². The van der Waals surface area contributed by atoms with Gasteiger partial charge in [0.25, 0.3) is 0 Å². The van der Waals surface area contributed by atoms with Gasteiger partial charge in [-0.3, -0.25) is 0 Å². The zero-order valence-electron chi connectivity index (χ0n) is 32.9. The first-order valence-corrected chi connectivity index (χ1v) is 20.7. The van der Waals surface area contributed by atoms with Gasteiger partial charge in [-0.05, 0) is 121 Å². The van der Waals surface area contributed by atoms with Gasteiger partial charge in [0.2, 0.25) is 11.4 Å². The Morgan fingerprint density at radius 2 is 1.28 bits per heavy atom. The van der Waals surface area contributed by atoms with E-state index in [2.05, 4.69) is 191 Å². The molecule has 0 N–H and O–H groups in total. The number of hydrogen-bond acceptors (Lipinski definition) is 0. The van der Waals surface area contributed by atoms with Gasteiger partial charge in [-0.15, -0.1) is 0 Å². The Morgan fingerprint density at radius 1 is 0.569 bits per heavy atom. The number of rotatable bonds is 2. The van der Waals surface area contributed by atoms with Crippen LogP contribution in [-0.4, -0.2) is 4.40 Å². The fourth-order valence-electron chi connectivity index (χ4n) is 10.6. The number of aryl methyl sites for hydroxylation is 3. The number of allylic oxidation sites excluding steroid dienone is 1. The van der Waals surface area contributed by atoms with E-state index in [0.717, 1.165) is 25.0 Å². The minimum Gasteiger partial charge on any atom is -0.308 e. The van der Waals surface area contributed by atoms with Gasteiger partial charge in [-0.2, -0.15) is 9.13 Å². The molecule has 2 unspecified atom stereocenters. The molecule has 12 rings (SSSR count). The molecule has 6 aromatic carbocycles. The van der Waals surface area contributed by atoms with Crippen LogP contribution in [0.4, 0.5) is 0 Å². The number of benzene rings is 6. The van der Waals surface area contributed by atoms with Gasteiger partial charge in [0.15, 0.2) is 24.1 Å². The lowest BCUT2D eigenvalue weighted by molar-refractivity contribution is -0.720. The monoisotopic (exact) mass is 745 g/mol. The summed E-state index contributed by atoms with van der Waals surface area (Å²) in [5.41, 5.74) is 20.5. The quantitative estimate of drug-likeness (QED) is 0.156. The molecule has 0 amide bonds. The molecule has 3 heteroatoms. The van der Waals surface area contributed by atoms with Gasteiger partial charge in [-0.1, -0.05) is 84.9 Å². The van der Waals surface area contributed by atoms with Crippen LogP contribution in [0.25, 0.3) is 88.6 Å². The number of hydrogen-bond donors (Lipinski definition) is 0. The van der Waals surface area contributed by atoms with Crippen LogP contribution in [0.2, 0.25) is 0 Å². The SMILES string of the molecule is C=C1CC2C(CCc3cc4c(cc3-c3cc(C)cc[n+]31)c1cc(-c3ccccc3)cc3c5cc(-c6ccccc6)ccc5n4c31)c1ccccc1-c1ccc(C)c[n+]12. The highest BCUT2D eigenvalue weighted by Crippen LogP contribution is 2.47. The van der Waals surface area contributed by atoms with Crippen LogP contribution >= 0.6 is 0 Å². The summed E-state index contributed by atoms with van der Waals surface area (Å²) in [6.07, 6.45) is 7.50. The fourth-order valence-corrected chi connectivity index (χ4v) is 10.6. The predicted molar refractivity (Wildman–Crippen MR) is 239 cm³/mol. The van der Waals surface area contributed by atoms with Crippen LogP contribution in [0.5, 0.6) is 0 Å². The maximum absolute atomic E-state index is 4.86. The van der Waals surface area contributed by atoms with Crippen LogP contribution in [0.15, 0.2) is 171 Å². The maximum atomic E-state index is 4.86. The van der Waals surface area contributed by atoms with Crippen molar-refractivity contribution in [3.05, 3.63) is 193 Å². The first-order valence-electron chi connectivity index (χ1n) is 20.7. The van der Waals surface area contributed by atoms with Crippen LogP contribution in [0.1, 0.15) is 47.1 Å². The van der Waals surface area contributed by atoms with Gasteiger partial charge in [0.05, 0.1) is 28.5 Å². The summed E-state index contributed by atoms with van der Waals surface area (Å²) >= 11 is 0. The molecule has 0 radical (unpaired) electrons. The van der Waals surface area contributed by atoms with Crippen molar-refractivity contribution in [1.82, 2.24) is 4.40 Å². The van der Waals surface area contributed by atoms with Gasteiger partial charge in [0.1, 0.15) is 0 Å². The lowest BCUT2D eigenvalue weighted by atomic mass is 9.77. The normalized spacial score (nSPS) is 16.3. The van der Waals surface area contributed by atoms with Crippen molar-refractivity contribution in [2.24, 2.45) is 0 Å². The van der Waals surface area contributed by atoms with E-state index in [4.69, 9.17) is 6.58 Å². The van der Waals surface area contributed by atoms with Crippen LogP contribution in [0, 0.1) is 13.8 Å². The average molecular weight is 746 g/mol. The Kier molecular flexibility index (Phi) is 7.23. The molecule has 0 saturated heterocycles. The van der Waals surface area contributed by atoms with Gasteiger partial charge in [0, 0.05) is 56.8 Å². The molecule has 2 aliphatic heterocycles. The van der Waals surface area contributed by atoms with Crippen molar-refractivity contribution in [2.45, 2.75) is 45.1 Å². The lowest BCUT2D eigenvalue weighted by Crippen LogP contribution is -2.49. The summed E-state index contributed by atoms with van der Waals surface area (Å²) in [6.45, 7) is 9.29. The number of fused-ring (bicyclic) bond motifs is 15. The Hall–Kier alpha value is -6.84. The van der Waals surface area contributed by atoms with E-state index < -0.39 is 0 Å². The first-order chi connectivity index (χ1) is 28.5. The standard InChI is InChI=1S/C55H43N3/c1-34-24-25-56-36(3)27-53-44(42-16-10-11-17-43(42)50-22-18-35(2)33-57(50)53)21-19-40-31-54-47(32-45(40)52(56)26-34)49-30-41(38-14-8-5-9-15-38)29-48-46-28-39(37-12-6-4-7-13-37)20-23-51(46)58(54)55(48)49/h4-18,20,22-26,28-33,44,53H,3,19,21,27H2,1-2H3/q+2. The zero-order chi connectivity index (χ0) is 38.6. The molecule has 276 valence electrons. The molecule has 0 fully saturated rings. The van der Waals surface area contributed by atoms with Crippen LogP contribution in [0.3, 0.4) is 0 Å². The highest BCUT2D eigenvalue weighted by molar-refractivity contribution is 6.25. The predicted octanol–water partition coefficient (Wildman–Crippen LogP) is 12.8. The van der Waals surface area contributed by atoms with Crippen molar-refractivity contribution >= 4 is 43.8 Å². The molecule has 6 heterocycles. The molecule has 0 aliphatic carbocycles. The smallest absolute Gasteiger partial charge is 0.218 e. The zero-order valence-corrected chi connectivity index (χ0v) is 32.9. The average Bonchev–Trinajstić information content (AvgIpc) is 3.76. The van der Waals surface area contributed by atoms with Gasteiger partial charge < -0.3 is 4.40 Å². The van der Waals surface area contributed by atoms with Crippen molar-refractivity contribution < 1.29 is 9.13 Å². The maximum Gasteiger partial charge on any atom is 0.218 e. The summed E-state index contributed by atoms with van der Waals surface area (Å²) in [5, 5.41) is 5.18. The second-order valence-corrected chi connectivity index (χ2v) is 16.8. The summed E-state index contributed by atoms with van der Waals surface area (Å²) in [6, 6.07) is 57.2. The Labute approximate surface area is 338 Å². The second-order valence-electron chi connectivity index (χ2n) is 16.8. The molecule has 4 aromatic heterocycles. The third kappa shape index (κ3) is 4.92. The molecule has 58 heavy (non-hydrogen) atoms. The molecule has 2 atom stereocenters. The van der Waals surface area contributed by atoms with E-state index in [0.29, 0.717) is 5.92 Å². The van der Waals surface area contributed by atoms with Crippen molar-refractivity contribution in [1.29, 1.82) is 0 Å². The van der Waals surface area contributed by atoms with Crippen molar-refractivity contribution in [3.8, 4) is 44.8 Å². The summed E-state index contributed by atoms with van der Waals surface area (Å²) < 4.78 is 7.53. The van der Waals surface area contributed by atoms with Crippen LogP contribution in [-0.2, 0) is 6.42 Å². The number of pyridine rings is 2. The highest BCUT2D eigenvalue weighted by Gasteiger charge is 2.42. The minimum absolute atomic E-state index is 0.252. The summed E-state index contributed by atoms with van der Waals surface area (Å²) in [7, 11) is 0. The summed E-state index contributed by atoms with van der Waals surface area (Å²) in [5.74, 6) is 0.335. The fraction of sp³-hybridized carbons (Fsp3) is 0.127. The van der Waals surface area contributed by atoms with Crippen molar-refractivity contribution in [3.63, 3.8) is 0 Å². The topological polar surface area (TPSA) is 12.2 Å². The Bertz CT molecular complexity index is 3300. The van der Waals surface area contributed by atoms with E-state index in [1.165, 1.54) is 105 Å². The molecule has 2 aliphatic rings. The molecular formula is C55H43N3+2. The Balaban J connectivity index is 1.14. The largest absolute Gasteiger partial charge is 0.308 e. The molecule has 3 nitrogen and oxygen atoms in total. The molecular weight excluding hydrogens is 703 g/mol. The highest BCUT2D eigenvalue weighted by atomic mass is 15.0.